The first-order chi connectivity index (χ1) is 6.49. The van der Waals surface area contributed by atoms with E-state index < -0.39 is 17.7 Å². The van der Waals surface area contributed by atoms with Gasteiger partial charge < -0.3 is 0 Å². The number of hydrogen-bond donors (Lipinski definition) is 0. The maximum Gasteiger partial charge on any atom is 0.417 e. The van der Waals surface area contributed by atoms with Crippen LogP contribution in [0.3, 0.4) is 0 Å². The van der Waals surface area contributed by atoms with Gasteiger partial charge in [-0.15, -0.1) is 11.3 Å². The molecule has 1 aromatic heterocycles. The molecule has 0 N–H and O–H groups in total. The molecule has 1 atom stereocenters. The Balaban J connectivity index is 2.94. The quantitative estimate of drug-likeness (QED) is 0.742. The normalized spacial score (nSPS) is 13.6. The van der Waals surface area contributed by atoms with Gasteiger partial charge in [-0.3, -0.25) is 0 Å². The van der Waals surface area contributed by atoms with Crippen molar-refractivity contribution in [3.63, 3.8) is 0 Å². The van der Waals surface area contributed by atoms with Gasteiger partial charge >= 0.3 is 6.18 Å². The Labute approximate surface area is 83.8 Å². The Morgan fingerprint density at radius 2 is 2.21 bits per heavy atom. The maximum absolute atomic E-state index is 12.2. The highest BCUT2D eigenvalue weighted by atomic mass is 32.1. The molecular weight excluding hydrogens is 211 g/mol. The first-order valence-electron chi connectivity index (χ1n) is 4.04. The molecule has 0 spiro atoms. The number of halogens is 3. The zero-order valence-corrected chi connectivity index (χ0v) is 8.25. The summed E-state index contributed by atoms with van der Waals surface area (Å²) >= 11 is 0.991. The average Bonchev–Trinajstić information content (AvgIpc) is 2.54. The second-order valence-electron chi connectivity index (χ2n) is 2.83. The average molecular weight is 219 g/mol. The number of rotatable bonds is 2. The minimum Gasteiger partial charge on any atom is -0.198 e. The molecule has 0 bridgehead atoms. The summed E-state index contributed by atoms with van der Waals surface area (Å²) in [6.45, 7) is 1.78. The highest BCUT2D eigenvalue weighted by Gasteiger charge is 2.32. The van der Waals surface area contributed by atoms with E-state index in [1.165, 1.54) is 0 Å². The first-order valence-corrected chi connectivity index (χ1v) is 4.92. The van der Waals surface area contributed by atoms with Crippen molar-refractivity contribution >= 4 is 11.3 Å². The van der Waals surface area contributed by atoms with Gasteiger partial charge in [-0.2, -0.15) is 18.4 Å². The molecule has 1 heterocycles. The number of hydrogen-bond acceptors (Lipinski definition) is 2. The molecule has 76 valence electrons. The Morgan fingerprint density at radius 3 is 2.57 bits per heavy atom. The monoisotopic (exact) mass is 219 g/mol. The predicted octanol–water partition coefficient (Wildman–Crippen LogP) is 3.78. The van der Waals surface area contributed by atoms with Crippen LogP contribution in [0.1, 0.15) is 29.7 Å². The van der Waals surface area contributed by atoms with Gasteiger partial charge in [0, 0.05) is 10.3 Å². The van der Waals surface area contributed by atoms with Gasteiger partial charge in [0.15, 0.2) is 0 Å². The number of alkyl halides is 3. The summed E-state index contributed by atoms with van der Waals surface area (Å²) < 4.78 is 36.6. The molecule has 1 rings (SSSR count). The van der Waals surface area contributed by atoms with Crippen LogP contribution < -0.4 is 0 Å². The minimum absolute atomic E-state index is 0.420. The minimum atomic E-state index is -4.30. The van der Waals surface area contributed by atoms with E-state index in [2.05, 4.69) is 0 Å². The summed E-state index contributed by atoms with van der Waals surface area (Å²) in [6, 6.07) is 3.03. The van der Waals surface area contributed by atoms with Crippen molar-refractivity contribution in [2.45, 2.75) is 25.4 Å². The van der Waals surface area contributed by atoms with Gasteiger partial charge in [-0.05, 0) is 12.5 Å². The van der Waals surface area contributed by atoms with Crippen molar-refractivity contribution in [2.24, 2.45) is 0 Å². The molecular formula is C9H8F3NS. The highest BCUT2D eigenvalue weighted by molar-refractivity contribution is 7.10. The van der Waals surface area contributed by atoms with E-state index in [0.717, 1.165) is 22.8 Å². The Morgan fingerprint density at radius 1 is 1.57 bits per heavy atom. The van der Waals surface area contributed by atoms with E-state index in [9.17, 15) is 13.2 Å². The van der Waals surface area contributed by atoms with Crippen LogP contribution in [0, 0.1) is 11.3 Å². The molecule has 0 fully saturated rings. The van der Waals surface area contributed by atoms with Crippen LogP contribution in [-0.4, -0.2) is 0 Å². The largest absolute Gasteiger partial charge is 0.417 e. The molecule has 0 aliphatic heterocycles. The van der Waals surface area contributed by atoms with Crippen molar-refractivity contribution < 1.29 is 13.2 Å². The lowest BCUT2D eigenvalue weighted by Gasteiger charge is -2.02. The van der Waals surface area contributed by atoms with Gasteiger partial charge in [-0.1, -0.05) is 6.92 Å². The zero-order chi connectivity index (χ0) is 10.8. The molecule has 14 heavy (non-hydrogen) atoms. The van der Waals surface area contributed by atoms with Gasteiger partial charge in [0.1, 0.15) is 0 Å². The summed E-state index contributed by atoms with van der Waals surface area (Å²) in [5.74, 6) is -0.420. The number of nitriles is 1. The topological polar surface area (TPSA) is 23.8 Å². The molecule has 1 aromatic rings. The van der Waals surface area contributed by atoms with Gasteiger partial charge in [0.05, 0.1) is 17.6 Å². The van der Waals surface area contributed by atoms with Crippen LogP contribution in [0.4, 0.5) is 13.2 Å². The Hall–Kier alpha value is -1.02. The summed E-state index contributed by atoms with van der Waals surface area (Å²) in [5, 5.41) is 9.72. The van der Waals surface area contributed by atoms with E-state index in [1.54, 1.807) is 6.92 Å². The lowest BCUT2D eigenvalue weighted by Crippen LogP contribution is -2.02. The standard InChI is InChI=1S/C9H8F3NS/c1-2-6(4-13)8-3-7(5-14-8)9(10,11)12/h3,5-6H,2H2,1H3. The van der Waals surface area contributed by atoms with Crippen molar-refractivity contribution in [3.8, 4) is 6.07 Å². The second-order valence-corrected chi connectivity index (χ2v) is 3.77. The van der Waals surface area contributed by atoms with Crippen LogP contribution in [0.5, 0.6) is 0 Å². The molecule has 0 aromatic carbocycles. The van der Waals surface area contributed by atoms with Crippen molar-refractivity contribution in [1.82, 2.24) is 0 Å². The van der Waals surface area contributed by atoms with Crippen LogP contribution >= 0.6 is 11.3 Å². The van der Waals surface area contributed by atoms with Gasteiger partial charge in [0.2, 0.25) is 0 Å². The van der Waals surface area contributed by atoms with Gasteiger partial charge in [0.25, 0.3) is 0 Å². The third-order valence-electron chi connectivity index (χ3n) is 1.85. The number of thiophene rings is 1. The molecule has 0 amide bonds. The van der Waals surface area contributed by atoms with E-state index >= 15 is 0 Å². The zero-order valence-electron chi connectivity index (χ0n) is 7.43. The van der Waals surface area contributed by atoms with Crippen LogP contribution in [0.2, 0.25) is 0 Å². The predicted molar refractivity (Wildman–Crippen MR) is 48.0 cm³/mol. The Kier molecular flexibility index (Phi) is 3.17. The molecule has 0 saturated heterocycles. The first kappa shape index (κ1) is 11.1. The third kappa shape index (κ3) is 2.26. The summed E-state index contributed by atoms with van der Waals surface area (Å²) in [5.41, 5.74) is -0.661. The van der Waals surface area contributed by atoms with E-state index in [-0.39, 0.29) is 0 Å². The lowest BCUT2D eigenvalue weighted by atomic mass is 10.1. The maximum atomic E-state index is 12.2. The molecule has 0 radical (unpaired) electrons. The van der Waals surface area contributed by atoms with Gasteiger partial charge in [-0.25, -0.2) is 0 Å². The third-order valence-corrected chi connectivity index (χ3v) is 2.90. The highest BCUT2D eigenvalue weighted by Crippen LogP contribution is 2.35. The molecule has 1 unspecified atom stereocenters. The van der Waals surface area contributed by atoms with Crippen LogP contribution in [-0.2, 0) is 6.18 Å². The summed E-state index contributed by atoms with van der Waals surface area (Å²) in [7, 11) is 0. The molecule has 5 heteroatoms. The van der Waals surface area contributed by atoms with Crippen molar-refractivity contribution in [1.29, 1.82) is 5.26 Å². The van der Waals surface area contributed by atoms with E-state index in [4.69, 9.17) is 5.26 Å². The molecule has 0 saturated carbocycles. The molecule has 1 nitrogen and oxygen atoms in total. The fraction of sp³-hybridized carbons (Fsp3) is 0.444. The smallest absolute Gasteiger partial charge is 0.198 e. The molecule has 0 aliphatic rings. The van der Waals surface area contributed by atoms with E-state index in [0.29, 0.717) is 11.3 Å². The molecule has 0 aliphatic carbocycles. The SMILES string of the molecule is CCC(C#N)c1cc(C(F)(F)F)cs1. The van der Waals surface area contributed by atoms with Crippen LogP contribution in [0.15, 0.2) is 11.4 Å². The number of nitrogens with zero attached hydrogens (tertiary/aromatic N) is 1. The fourth-order valence-electron chi connectivity index (χ4n) is 1.04. The summed E-state index contributed by atoms with van der Waals surface area (Å²) in [4.78, 5) is 0.488. The summed E-state index contributed by atoms with van der Waals surface area (Å²) in [6.07, 6.45) is -3.77. The Bertz CT molecular complexity index is 348. The lowest BCUT2D eigenvalue weighted by molar-refractivity contribution is -0.137. The second kappa shape index (κ2) is 4.01. The van der Waals surface area contributed by atoms with Crippen LogP contribution in [0.25, 0.3) is 0 Å². The van der Waals surface area contributed by atoms with E-state index in [1.807, 2.05) is 6.07 Å². The van der Waals surface area contributed by atoms with Crippen molar-refractivity contribution in [3.05, 3.63) is 21.9 Å². The van der Waals surface area contributed by atoms with Crippen molar-refractivity contribution in [2.75, 3.05) is 0 Å². The fourth-order valence-corrected chi connectivity index (χ4v) is 2.08.